The molecule has 5 rings (SSSR count). The zero-order valence-electron chi connectivity index (χ0n) is 18.1. The maximum atomic E-state index is 12.6. The van der Waals surface area contributed by atoms with Crippen LogP contribution in [-0.4, -0.2) is 51.1 Å². The van der Waals surface area contributed by atoms with Crippen molar-refractivity contribution in [2.75, 3.05) is 37.3 Å². The first kappa shape index (κ1) is 20.9. The fourth-order valence-electron chi connectivity index (χ4n) is 3.99. The summed E-state index contributed by atoms with van der Waals surface area (Å²) in [5.74, 6) is 1.45. The number of hydrogen-bond acceptors (Lipinski definition) is 8. The van der Waals surface area contributed by atoms with Gasteiger partial charge in [0, 0.05) is 36.4 Å². The van der Waals surface area contributed by atoms with E-state index < -0.39 is 0 Å². The van der Waals surface area contributed by atoms with Crippen molar-refractivity contribution in [3.8, 4) is 17.0 Å². The molecule has 1 fully saturated rings. The lowest BCUT2D eigenvalue weighted by molar-refractivity contribution is 0.238. The van der Waals surface area contributed by atoms with E-state index in [2.05, 4.69) is 30.2 Å². The maximum Gasteiger partial charge on any atom is 0.259 e. The molecule has 4 aromatic rings. The number of likely N-dealkylation sites (tertiary alicyclic amines) is 1. The third kappa shape index (κ3) is 4.78. The number of pyridine rings is 2. The van der Waals surface area contributed by atoms with Crippen LogP contribution in [0.4, 0.5) is 17.5 Å². The number of H-pyrrole nitrogens is 1. The lowest BCUT2D eigenvalue weighted by Crippen LogP contribution is -2.25. The zero-order valence-corrected chi connectivity index (χ0v) is 18.1. The van der Waals surface area contributed by atoms with E-state index in [9.17, 15) is 4.79 Å². The Bertz CT molecular complexity index is 1300. The number of nitrogens with zero attached hydrogens (tertiary/aromatic N) is 4. The van der Waals surface area contributed by atoms with E-state index in [0.717, 1.165) is 36.5 Å². The summed E-state index contributed by atoms with van der Waals surface area (Å²) in [6.07, 6.45) is 7.40. The third-order valence-corrected chi connectivity index (χ3v) is 5.71. The molecule has 168 valence electrons. The molecule has 3 aromatic heterocycles. The van der Waals surface area contributed by atoms with Crippen LogP contribution in [0.15, 0.2) is 59.8 Å². The number of aromatic nitrogens is 4. The molecule has 0 atom stereocenters. The number of fused-ring (bicyclic) bond motifs is 1. The number of nitrogen functional groups attached to an aromatic ring is 1. The number of ether oxygens (including phenoxy) is 1. The van der Waals surface area contributed by atoms with Gasteiger partial charge in [0.1, 0.15) is 18.2 Å². The number of benzene rings is 1. The van der Waals surface area contributed by atoms with Crippen molar-refractivity contribution >= 4 is 28.2 Å². The first-order valence-electron chi connectivity index (χ1n) is 11.0. The minimum absolute atomic E-state index is 0.192. The molecule has 4 heterocycles. The van der Waals surface area contributed by atoms with Gasteiger partial charge in [0.2, 0.25) is 5.95 Å². The van der Waals surface area contributed by atoms with Crippen LogP contribution in [0.3, 0.4) is 0 Å². The molecule has 0 aliphatic carbocycles. The summed E-state index contributed by atoms with van der Waals surface area (Å²) >= 11 is 0. The summed E-state index contributed by atoms with van der Waals surface area (Å²) in [5.41, 5.74) is 7.53. The topological polar surface area (TPSA) is 122 Å². The highest BCUT2D eigenvalue weighted by atomic mass is 16.5. The molecule has 0 radical (unpaired) electrons. The van der Waals surface area contributed by atoms with Gasteiger partial charge in [-0.3, -0.25) is 9.69 Å². The van der Waals surface area contributed by atoms with Crippen LogP contribution in [0.1, 0.15) is 12.8 Å². The molecule has 9 nitrogen and oxygen atoms in total. The molecule has 0 unspecified atom stereocenters. The number of rotatable bonds is 7. The van der Waals surface area contributed by atoms with Crippen LogP contribution >= 0.6 is 0 Å². The Kier molecular flexibility index (Phi) is 5.86. The fraction of sp³-hybridized carbons (Fsp3) is 0.250. The highest BCUT2D eigenvalue weighted by Crippen LogP contribution is 2.28. The van der Waals surface area contributed by atoms with Crippen molar-refractivity contribution in [3.63, 3.8) is 0 Å². The van der Waals surface area contributed by atoms with E-state index in [0.29, 0.717) is 29.1 Å². The number of aromatic amines is 1. The molecule has 1 aliphatic heterocycles. The van der Waals surface area contributed by atoms with Gasteiger partial charge in [0.25, 0.3) is 5.56 Å². The second-order valence-electron chi connectivity index (χ2n) is 8.00. The van der Waals surface area contributed by atoms with Crippen LogP contribution < -0.4 is 21.3 Å². The Morgan fingerprint density at radius 1 is 1.09 bits per heavy atom. The van der Waals surface area contributed by atoms with E-state index in [1.54, 1.807) is 18.6 Å². The van der Waals surface area contributed by atoms with Crippen LogP contribution in [0.5, 0.6) is 5.75 Å². The van der Waals surface area contributed by atoms with E-state index >= 15 is 0 Å². The van der Waals surface area contributed by atoms with Crippen molar-refractivity contribution in [2.24, 2.45) is 0 Å². The van der Waals surface area contributed by atoms with Crippen LogP contribution in [0.2, 0.25) is 0 Å². The number of nitrogens with one attached hydrogen (secondary N) is 2. The molecule has 1 saturated heterocycles. The summed E-state index contributed by atoms with van der Waals surface area (Å²) < 4.78 is 5.88. The normalized spacial score (nSPS) is 13.9. The average Bonchev–Trinajstić information content (AvgIpc) is 3.34. The van der Waals surface area contributed by atoms with Gasteiger partial charge in [-0.25, -0.2) is 15.0 Å². The molecular weight excluding hydrogens is 418 g/mol. The molecule has 0 amide bonds. The molecule has 4 N–H and O–H groups in total. The van der Waals surface area contributed by atoms with Crippen molar-refractivity contribution < 1.29 is 4.74 Å². The van der Waals surface area contributed by atoms with Crippen molar-refractivity contribution in [3.05, 3.63) is 65.3 Å². The Balaban J connectivity index is 1.38. The second-order valence-corrected chi connectivity index (χ2v) is 8.00. The van der Waals surface area contributed by atoms with Gasteiger partial charge in [-0.1, -0.05) is 0 Å². The predicted octanol–water partition coefficient (Wildman–Crippen LogP) is 3.18. The van der Waals surface area contributed by atoms with E-state index in [1.165, 1.54) is 12.8 Å². The van der Waals surface area contributed by atoms with Crippen molar-refractivity contribution in [1.29, 1.82) is 0 Å². The molecular formula is C24H25N7O2. The minimum Gasteiger partial charge on any atom is -0.492 e. The molecule has 0 bridgehead atoms. The highest BCUT2D eigenvalue weighted by molar-refractivity contribution is 5.95. The van der Waals surface area contributed by atoms with E-state index in [-0.39, 0.29) is 11.5 Å². The first-order chi connectivity index (χ1) is 16.2. The fourth-order valence-corrected chi connectivity index (χ4v) is 3.99. The summed E-state index contributed by atoms with van der Waals surface area (Å²) in [4.78, 5) is 30.5. The van der Waals surface area contributed by atoms with Gasteiger partial charge in [0.05, 0.1) is 11.1 Å². The largest absolute Gasteiger partial charge is 0.492 e. The third-order valence-electron chi connectivity index (χ3n) is 5.71. The van der Waals surface area contributed by atoms with Gasteiger partial charge >= 0.3 is 0 Å². The Morgan fingerprint density at radius 2 is 1.85 bits per heavy atom. The quantitative estimate of drug-likeness (QED) is 0.398. The molecule has 33 heavy (non-hydrogen) atoms. The second kappa shape index (κ2) is 9.25. The molecule has 1 aromatic carbocycles. The molecule has 0 spiro atoms. The zero-order chi connectivity index (χ0) is 22.6. The Morgan fingerprint density at radius 3 is 2.61 bits per heavy atom. The van der Waals surface area contributed by atoms with Crippen LogP contribution in [-0.2, 0) is 0 Å². The van der Waals surface area contributed by atoms with Gasteiger partial charge in [-0.05, 0) is 67.7 Å². The summed E-state index contributed by atoms with van der Waals surface area (Å²) in [6.45, 7) is 3.93. The smallest absolute Gasteiger partial charge is 0.259 e. The maximum absolute atomic E-state index is 12.6. The average molecular weight is 444 g/mol. The molecule has 0 saturated carbocycles. The Hall–Kier alpha value is -3.98. The highest BCUT2D eigenvalue weighted by Gasteiger charge is 2.13. The SMILES string of the molecule is Nc1ncc(-c2cc3cc[nH]c(=O)c3c(Nc3ccc(OCCN4CCCC4)cc3)n2)cn1. The van der Waals surface area contributed by atoms with Gasteiger partial charge in [-0.2, -0.15) is 0 Å². The molecule has 1 aliphatic rings. The van der Waals surface area contributed by atoms with Gasteiger partial charge in [-0.15, -0.1) is 0 Å². The lowest BCUT2D eigenvalue weighted by atomic mass is 10.1. The van der Waals surface area contributed by atoms with Crippen molar-refractivity contribution in [2.45, 2.75) is 12.8 Å². The van der Waals surface area contributed by atoms with Gasteiger partial charge in [0.15, 0.2) is 0 Å². The monoisotopic (exact) mass is 443 g/mol. The summed E-state index contributed by atoms with van der Waals surface area (Å²) in [6, 6.07) is 11.3. The number of hydrogen-bond donors (Lipinski definition) is 3. The summed E-state index contributed by atoms with van der Waals surface area (Å²) in [5, 5.41) is 4.51. The molecule has 9 heteroatoms. The van der Waals surface area contributed by atoms with Gasteiger partial charge < -0.3 is 20.8 Å². The Labute approximate surface area is 190 Å². The standard InChI is InChI=1S/C24H25N7O2/c25-24-27-14-17(15-28-24)20-13-16-7-8-26-23(32)21(16)22(30-20)29-18-3-5-19(6-4-18)33-12-11-31-9-1-2-10-31/h3-8,13-15H,1-2,9-12H2,(H,26,32)(H,29,30)(H2,25,27,28). The van der Waals surface area contributed by atoms with Crippen molar-refractivity contribution in [1.82, 2.24) is 24.8 Å². The predicted molar refractivity (Wildman–Crippen MR) is 129 cm³/mol. The minimum atomic E-state index is -0.218. The van der Waals surface area contributed by atoms with E-state index in [4.69, 9.17) is 10.5 Å². The van der Waals surface area contributed by atoms with Crippen LogP contribution in [0, 0.1) is 0 Å². The number of anilines is 3. The lowest BCUT2D eigenvalue weighted by Gasteiger charge is -2.15. The van der Waals surface area contributed by atoms with E-state index in [1.807, 2.05) is 36.4 Å². The number of nitrogens with two attached hydrogens (primary N) is 1. The first-order valence-corrected chi connectivity index (χ1v) is 11.0. The summed E-state index contributed by atoms with van der Waals surface area (Å²) in [7, 11) is 0. The van der Waals surface area contributed by atoms with Crippen LogP contribution in [0.25, 0.3) is 22.0 Å².